The molecule has 4 nitrogen and oxygen atoms in total. The molecule has 5 unspecified atom stereocenters. The van der Waals surface area contributed by atoms with E-state index in [1.807, 2.05) is 25.1 Å². The summed E-state index contributed by atoms with van der Waals surface area (Å²) >= 11 is 1.65. The van der Waals surface area contributed by atoms with Gasteiger partial charge < -0.3 is 10.6 Å². The van der Waals surface area contributed by atoms with Gasteiger partial charge in [0.15, 0.2) is 0 Å². The monoisotopic (exact) mass is 360 g/mol. The van der Waals surface area contributed by atoms with E-state index in [4.69, 9.17) is 0 Å². The largest absolute Gasteiger partial charge is 0.353 e. The van der Waals surface area contributed by atoms with Crippen molar-refractivity contribution in [3.63, 3.8) is 0 Å². The molecule has 2 N–H and O–H groups in total. The maximum Gasteiger partial charge on any atom is 0.230 e. The zero-order valence-electron chi connectivity index (χ0n) is 15.0. The van der Waals surface area contributed by atoms with E-state index in [1.165, 1.54) is 5.56 Å². The van der Waals surface area contributed by atoms with Crippen molar-refractivity contribution in [1.29, 1.82) is 0 Å². The molecule has 136 valence electrons. The number of fused-ring (bicyclic) bond motifs is 1. The van der Waals surface area contributed by atoms with Gasteiger partial charge in [0.05, 0.1) is 5.75 Å². The van der Waals surface area contributed by atoms with Crippen LogP contribution in [0.3, 0.4) is 0 Å². The summed E-state index contributed by atoms with van der Waals surface area (Å²) < 4.78 is 0. The molecule has 1 aliphatic carbocycles. The van der Waals surface area contributed by atoms with Crippen molar-refractivity contribution in [3.05, 3.63) is 35.9 Å². The average molecular weight is 361 g/mol. The molecule has 0 aromatic heterocycles. The van der Waals surface area contributed by atoms with Crippen molar-refractivity contribution in [2.75, 3.05) is 5.75 Å². The number of carbonyl (C=O) groups excluding carboxylic acids is 2. The molecule has 3 rings (SSSR count). The molecule has 5 atom stereocenters. The molecule has 2 aliphatic rings. The van der Waals surface area contributed by atoms with Gasteiger partial charge in [-0.05, 0) is 36.7 Å². The smallest absolute Gasteiger partial charge is 0.230 e. The molecule has 1 saturated carbocycles. The second-order valence-corrected chi connectivity index (χ2v) is 8.47. The summed E-state index contributed by atoms with van der Waals surface area (Å²) in [5.41, 5.74) is 1.24. The second-order valence-electron chi connectivity index (χ2n) is 7.48. The third-order valence-electron chi connectivity index (χ3n) is 5.82. The van der Waals surface area contributed by atoms with Gasteiger partial charge in [-0.2, -0.15) is 0 Å². The van der Waals surface area contributed by atoms with Crippen molar-refractivity contribution in [1.82, 2.24) is 10.6 Å². The van der Waals surface area contributed by atoms with Crippen LogP contribution in [-0.2, 0) is 15.3 Å². The van der Waals surface area contributed by atoms with E-state index in [-0.39, 0.29) is 29.8 Å². The summed E-state index contributed by atoms with van der Waals surface area (Å²) in [4.78, 5) is 24.3. The van der Waals surface area contributed by atoms with Crippen LogP contribution in [0.5, 0.6) is 0 Å². The molecule has 5 heteroatoms. The molecule has 1 heterocycles. The van der Waals surface area contributed by atoms with Gasteiger partial charge in [-0.25, -0.2) is 0 Å². The number of nitrogens with one attached hydrogen (secondary N) is 2. The molecule has 1 aromatic rings. The third-order valence-corrected chi connectivity index (χ3v) is 6.82. The highest BCUT2D eigenvalue weighted by Gasteiger charge is 2.42. The second kappa shape index (κ2) is 8.26. The van der Waals surface area contributed by atoms with Crippen molar-refractivity contribution in [3.8, 4) is 0 Å². The van der Waals surface area contributed by atoms with Crippen LogP contribution in [0.25, 0.3) is 0 Å². The Hall–Kier alpha value is -1.49. The Labute approximate surface area is 154 Å². The number of amides is 2. The van der Waals surface area contributed by atoms with E-state index in [2.05, 4.69) is 29.7 Å². The number of hydrogen-bond donors (Lipinski definition) is 2. The summed E-state index contributed by atoms with van der Waals surface area (Å²) in [6, 6.07) is 10.6. The maximum atomic E-state index is 12.2. The van der Waals surface area contributed by atoms with Gasteiger partial charge in [0, 0.05) is 23.8 Å². The van der Waals surface area contributed by atoms with E-state index in [9.17, 15) is 9.59 Å². The van der Waals surface area contributed by atoms with Gasteiger partial charge in [0.25, 0.3) is 0 Å². The summed E-state index contributed by atoms with van der Waals surface area (Å²) in [5.74, 6) is 2.69. The van der Waals surface area contributed by atoms with Gasteiger partial charge in [-0.1, -0.05) is 44.2 Å². The molecular weight excluding hydrogens is 332 g/mol. The first-order chi connectivity index (χ1) is 12.0. The first-order valence-electron chi connectivity index (χ1n) is 9.26. The Morgan fingerprint density at radius 2 is 2.00 bits per heavy atom. The SMILES string of the molecule is CC1C(=O)NC2CC(NC(=O)CSCc3ccccc3)CCC2C1C. The van der Waals surface area contributed by atoms with Crippen LogP contribution in [0.4, 0.5) is 0 Å². The summed E-state index contributed by atoms with van der Waals surface area (Å²) in [7, 11) is 0. The number of benzene rings is 1. The zero-order chi connectivity index (χ0) is 17.8. The number of thioether (sulfide) groups is 1. The van der Waals surface area contributed by atoms with E-state index in [0.29, 0.717) is 17.6 Å². The lowest BCUT2D eigenvalue weighted by molar-refractivity contribution is -0.132. The van der Waals surface area contributed by atoms with Crippen LogP contribution >= 0.6 is 11.8 Å². The molecule has 1 saturated heterocycles. The molecule has 2 amide bonds. The highest BCUT2D eigenvalue weighted by atomic mass is 32.2. The fourth-order valence-corrected chi connectivity index (χ4v) is 4.95. The van der Waals surface area contributed by atoms with Gasteiger partial charge in [0.2, 0.25) is 11.8 Å². The normalized spacial score (nSPS) is 31.8. The first-order valence-corrected chi connectivity index (χ1v) is 10.4. The van der Waals surface area contributed by atoms with Crippen molar-refractivity contribution < 1.29 is 9.59 Å². The summed E-state index contributed by atoms with van der Waals surface area (Å²) in [6.45, 7) is 4.22. The first kappa shape index (κ1) is 18.3. The Morgan fingerprint density at radius 1 is 1.24 bits per heavy atom. The molecule has 2 fully saturated rings. The van der Waals surface area contributed by atoms with Crippen LogP contribution in [0, 0.1) is 17.8 Å². The summed E-state index contributed by atoms with van der Waals surface area (Å²) in [6.07, 6.45) is 2.96. The van der Waals surface area contributed by atoms with Crippen LogP contribution in [0.2, 0.25) is 0 Å². The van der Waals surface area contributed by atoms with Crippen molar-refractivity contribution in [2.24, 2.45) is 17.8 Å². The summed E-state index contributed by atoms with van der Waals surface area (Å²) in [5, 5.41) is 6.34. The Balaban J connectivity index is 1.43. The Bertz CT molecular complexity index is 607. The Morgan fingerprint density at radius 3 is 2.76 bits per heavy atom. The Kier molecular flexibility index (Phi) is 6.05. The molecule has 1 aliphatic heterocycles. The minimum atomic E-state index is 0.0989. The highest BCUT2D eigenvalue weighted by Crippen LogP contribution is 2.37. The van der Waals surface area contributed by atoms with E-state index in [1.54, 1.807) is 11.8 Å². The van der Waals surface area contributed by atoms with E-state index in [0.717, 1.165) is 25.0 Å². The number of rotatable bonds is 5. The van der Waals surface area contributed by atoms with Crippen LogP contribution in [-0.4, -0.2) is 29.7 Å². The molecular formula is C20H28N2O2S. The standard InChI is InChI=1S/C20H28N2O2S/c1-13-14(2)20(24)22-18-10-16(8-9-17(13)18)21-19(23)12-25-11-15-6-4-3-5-7-15/h3-7,13-14,16-18H,8-12H2,1-2H3,(H,21,23)(H,22,24). The third kappa shape index (κ3) is 4.57. The fourth-order valence-electron chi connectivity index (χ4n) is 4.15. The average Bonchev–Trinajstić information content (AvgIpc) is 2.60. The van der Waals surface area contributed by atoms with Gasteiger partial charge in [0.1, 0.15) is 0 Å². The molecule has 1 aromatic carbocycles. The predicted octanol–water partition coefficient (Wildman–Crippen LogP) is 2.98. The lowest BCUT2D eigenvalue weighted by atomic mass is 9.68. The quantitative estimate of drug-likeness (QED) is 0.849. The van der Waals surface area contributed by atoms with Crippen LogP contribution in [0.1, 0.15) is 38.7 Å². The van der Waals surface area contributed by atoms with E-state index < -0.39 is 0 Å². The lowest BCUT2D eigenvalue weighted by Gasteiger charge is -2.45. The number of hydrogen-bond acceptors (Lipinski definition) is 3. The van der Waals surface area contributed by atoms with Crippen LogP contribution < -0.4 is 10.6 Å². The topological polar surface area (TPSA) is 58.2 Å². The molecule has 0 spiro atoms. The minimum Gasteiger partial charge on any atom is -0.353 e. The maximum absolute atomic E-state index is 12.2. The number of carbonyl (C=O) groups is 2. The van der Waals surface area contributed by atoms with Crippen molar-refractivity contribution >= 4 is 23.6 Å². The predicted molar refractivity (Wildman–Crippen MR) is 102 cm³/mol. The van der Waals surface area contributed by atoms with Gasteiger partial charge >= 0.3 is 0 Å². The van der Waals surface area contributed by atoms with Crippen molar-refractivity contribution in [2.45, 2.75) is 50.9 Å². The minimum absolute atomic E-state index is 0.0989. The van der Waals surface area contributed by atoms with Gasteiger partial charge in [-0.15, -0.1) is 11.8 Å². The molecule has 0 bridgehead atoms. The molecule has 25 heavy (non-hydrogen) atoms. The zero-order valence-corrected chi connectivity index (χ0v) is 15.9. The van der Waals surface area contributed by atoms with Crippen LogP contribution in [0.15, 0.2) is 30.3 Å². The van der Waals surface area contributed by atoms with E-state index >= 15 is 0 Å². The number of piperidine rings is 1. The molecule has 0 radical (unpaired) electrons. The fraction of sp³-hybridized carbons (Fsp3) is 0.600. The van der Waals surface area contributed by atoms with Gasteiger partial charge in [-0.3, -0.25) is 9.59 Å². The lowest BCUT2D eigenvalue weighted by Crippen LogP contribution is -2.57. The highest BCUT2D eigenvalue weighted by molar-refractivity contribution is 7.99.